The third-order valence-electron chi connectivity index (χ3n) is 3.50. The highest BCUT2D eigenvalue weighted by Gasteiger charge is 2.16. The van der Waals surface area contributed by atoms with Crippen molar-refractivity contribution in [3.8, 4) is 0 Å². The van der Waals surface area contributed by atoms with Crippen LogP contribution in [-0.2, 0) is 29.0 Å². The summed E-state index contributed by atoms with van der Waals surface area (Å²) in [5.41, 5.74) is 0. The van der Waals surface area contributed by atoms with E-state index >= 15 is 0 Å². The van der Waals surface area contributed by atoms with Gasteiger partial charge in [0.25, 0.3) is 0 Å². The number of aromatic nitrogens is 3. The maximum Gasteiger partial charge on any atom is 0.305 e. The van der Waals surface area contributed by atoms with Crippen molar-refractivity contribution in [2.24, 2.45) is 0 Å². The first-order valence-corrected chi connectivity index (χ1v) is 6.87. The highest BCUT2D eigenvalue weighted by atomic mass is 16.5. The van der Waals surface area contributed by atoms with Crippen molar-refractivity contribution >= 4 is 5.97 Å². The largest absolute Gasteiger partial charge is 0.469 e. The van der Waals surface area contributed by atoms with Crippen molar-refractivity contribution in [1.29, 1.82) is 0 Å². The van der Waals surface area contributed by atoms with Crippen molar-refractivity contribution in [1.82, 2.24) is 19.7 Å². The third-order valence-corrected chi connectivity index (χ3v) is 3.50. The van der Waals surface area contributed by atoms with Crippen LogP contribution in [0.1, 0.15) is 37.3 Å². The molecule has 0 saturated heterocycles. The zero-order valence-corrected chi connectivity index (χ0v) is 11.8. The van der Waals surface area contributed by atoms with Gasteiger partial charge in [0.05, 0.1) is 13.7 Å². The summed E-state index contributed by atoms with van der Waals surface area (Å²) in [7, 11) is 3.47. The Morgan fingerprint density at radius 1 is 1.42 bits per heavy atom. The molecule has 6 nitrogen and oxygen atoms in total. The second kappa shape index (κ2) is 6.65. The van der Waals surface area contributed by atoms with Crippen molar-refractivity contribution in [3.63, 3.8) is 0 Å². The van der Waals surface area contributed by atoms with Gasteiger partial charge in [-0.05, 0) is 32.9 Å². The second-order valence-corrected chi connectivity index (χ2v) is 5.06. The monoisotopic (exact) mass is 266 g/mol. The average molecular weight is 266 g/mol. The Labute approximate surface area is 113 Å². The molecular formula is C13H22N4O2. The molecule has 1 aliphatic rings. The van der Waals surface area contributed by atoms with E-state index in [0.717, 1.165) is 44.1 Å². The average Bonchev–Trinajstić information content (AvgIpc) is 2.82. The highest BCUT2D eigenvalue weighted by molar-refractivity contribution is 5.69. The van der Waals surface area contributed by atoms with Gasteiger partial charge in [0.2, 0.25) is 0 Å². The zero-order chi connectivity index (χ0) is 13.7. The quantitative estimate of drug-likeness (QED) is 0.719. The molecule has 2 heterocycles. The molecule has 1 aromatic rings. The zero-order valence-electron chi connectivity index (χ0n) is 11.8. The number of carbonyl (C=O) groups is 1. The summed E-state index contributed by atoms with van der Waals surface area (Å²) < 4.78 is 6.86. The molecule has 0 radical (unpaired) electrons. The van der Waals surface area contributed by atoms with Gasteiger partial charge in [-0.25, -0.2) is 0 Å². The number of esters is 1. The molecule has 0 bridgehead atoms. The standard InChI is InChI=1S/C13H22N4O2/c1-16(8-5-7-13(18)19-2)10-12-15-14-11-6-3-4-9-17(11)12/h3-10H2,1-2H3. The van der Waals surface area contributed by atoms with Crippen molar-refractivity contribution in [2.45, 2.75) is 45.2 Å². The molecule has 0 fully saturated rings. The molecule has 0 amide bonds. The van der Waals surface area contributed by atoms with Gasteiger partial charge in [-0.15, -0.1) is 10.2 Å². The molecule has 2 rings (SSSR count). The highest BCUT2D eigenvalue weighted by Crippen LogP contribution is 2.15. The number of rotatable bonds is 6. The molecule has 6 heteroatoms. The van der Waals surface area contributed by atoms with Crippen LogP contribution in [0.4, 0.5) is 0 Å². The first-order valence-electron chi connectivity index (χ1n) is 6.87. The van der Waals surface area contributed by atoms with Gasteiger partial charge in [0.15, 0.2) is 0 Å². The molecule has 0 saturated carbocycles. The Hall–Kier alpha value is -1.43. The maximum absolute atomic E-state index is 11.0. The van der Waals surface area contributed by atoms with E-state index in [-0.39, 0.29) is 5.97 Å². The van der Waals surface area contributed by atoms with Gasteiger partial charge in [-0.3, -0.25) is 9.69 Å². The molecule has 106 valence electrons. The summed E-state index contributed by atoms with van der Waals surface area (Å²) >= 11 is 0. The van der Waals surface area contributed by atoms with Crippen molar-refractivity contribution in [2.75, 3.05) is 20.7 Å². The van der Waals surface area contributed by atoms with Crippen LogP contribution in [-0.4, -0.2) is 46.3 Å². The molecule has 0 atom stereocenters. The van der Waals surface area contributed by atoms with E-state index in [4.69, 9.17) is 0 Å². The lowest BCUT2D eigenvalue weighted by Crippen LogP contribution is -2.23. The van der Waals surface area contributed by atoms with Gasteiger partial charge in [0, 0.05) is 19.4 Å². The fraction of sp³-hybridized carbons (Fsp3) is 0.769. The van der Waals surface area contributed by atoms with Crippen LogP contribution >= 0.6 is 0 Å². The minimum absolute atomic E-state index is 0.145. The molecule has 0 aliphatic carbocycles. The predicted molar refractivity (Wildman–Crippen MR) is 70.5 cm³/mol. The lowest BCUT2D eigenvalue weighted by Gasteiger charge is -2.19. The lowest BCUT2D eigenvalue weighted by molar-refractivity contribution is -0.140. The van der Waals surface area contributed by atoms with E-state index in [1.165, 1.54) is 20.0 Å². The van der Waals surface area contributed by atoms with Crippen molar-refractivity contribution < 1.29 is 9.53 Å². The van der Waals surface area contributed by atoms with Crippen LogP contribution in [0.5, 0.6) is 0 Å². The molecular weight excluding hydrogens is 244 g/mol. The number of carbonyl (C=O) groups excluding carboxylic acids is 1. The van der Waals surface area contributed by atoms with E-state index in [9.17, 15) is 4.79 Å². The van der Waals surface area contributed by atoms with Gasteiger partial charge in [-0.2, -0.15) is 0 Å². The Morgan fingerprint density at radius 2 is 2.26 bits per heavy atom. The Balaban J connectivity index is 1.80. The van der Waals surface area contributed by atoms with Crippen LogP contribution in [0.25, 0.3) is 0 Å². The third kappa shape index (κ3) is 3.76. The van der Waals surface area contributed by atoms with E-state index < -0.39 is 0 Å². The summed E-state index contributed by atoms with van der Waals surface area (Å²) in [5, 5.41) is 8.52. The normalized spacial score (nSPS) is 14.5. The number of aryl methyl sites for hydroxylation is 1. The lowest BCUT2D eigenvalue weighted by atomic mass is 10.1. The number of nitrogens with zero attached hydrogens (tertiary/aromatic N) is 4. The van der Waals surface area contributed by atoms with E-state index in [1.807, 2.05) is 7.05 Å². The van der Waals surface area contributed by atoms with Crippen LogP contribution in [0.3, 0.4) is 0 Å². The minimum Gasteiger partial charge on any atom is -0.469 e. The van der Waals surface area contributed by atoms with Gasteiger partial charge >= 0.3 is 5.97 Å². The SMILES string of the molecule is COC(=O)CCCN(C)Cc1nnc2n1CCCC2. The van der Waals surface area contributed by atoms with Crippen LogP contribution < -0.4 is 0 Å². The summed E-state index contributed by atoms with van der Waals surface area (Å²) in [6.45, 7) is 2.68. The van der Waals surface area contributed by atoms with Gasteiger partial charge < -0.3 is 9.30 Å². The molecule has 19 heavy (non-hydrogen) atoms. The Morgan fingerprint density at radius 3 is 3.05 bits per heavy atom. The summed E-state index contributed by atoms with van der Waals surface area (Å²) in [6.07, 6.45) is 4.75. The number of ether oxygens (including phenoxy) is 1. The summed E-state index contributed by atoms with van der Waals surface area (Å²) in [5.74, 6) is 2.01. The molecule has 0 unspecified atom stereocenters. The van der Waals surface area contributed by atoms with E-state index in [0.29, 0.717) is 6.42 Å². The first-order chi connectivity index (χ1) is 9.20. The fourth-order valence-electron chi connectivity index (χ4n) is 2.40. The van der Waals surface area contributed by atoms with Gasteiger partial charge in [-0.1, -0.05) is 0 Å². The number of hydrogen-bond acceptors (Lipinski definition) is 5. The van der Waals surface area contributed by atoms with E-state index in [1.54, 1.807) is 0 Å². The van der Waals surface area contributed by atoms with Crippen LogP contribution in [0, 0.1) is 0 Å². The van der Waals surface area contributed by atoms with E-state index in [2.05, 4.69) is 24.4 Å². The Kier molecular flexibility index (Phi) is 4.90. The van der Waals surface area contributed by atoms with Gasteiger partial charge in [0.1, 0.15) is 11.6 Å². The number of hydrogen-bond donors (Lipinski definition) is 0. The molecule has 1 aromatic heterocycles. The Bertz CT molecular complexity index is 430. The predicted octanol–water partition coefficient (Wildman–Crippen LogP) is 0.999. The molecule has 1 aliphatic heterocycles. The number of fused-ring (bicyclic) bond motifs is 1. The van der Waals surface area contributed by atoms with Crippen molar-refractivity contribution in [3.05, 3.63) is 11.6 Å². The molecule has 0 spiro atoms. The fourth-order valence-corrected chi connectivity index (χ4v) is 2.40. The maximum atomic E-state index is 11.0. The smallest absolute Gasteiger partial charge is 0.305 e. The van der Waals surface area contributed by atoms with Crippen LogP contribution in [0.2, 0.25) is 0 Å². The molecule has 0 N–H and O–H groups in total. The minimum atomic E-state index is -0.145. The molecule has 0 aromatic carbocycles. The summed E-state index contributed by atoms with van der Waals surface area (Å²) in [6, 6.07) is 0. The van der Waals surface area contributed by atoms with Crippen LogP contribution in [0.15, 0.2) is 0 Å². The number of methoxy groups -OCH3 is 1. The second-order valence-electron chi connectivity index (χ2n) is 5.06. The first kappa shape index (κ1) is 14.0. The summed E-state index contributed by atoms with van der Waals surface area (Å²) in [4.78, 5) is 13.2. The topological polar surface area (TPSA) is 60.2 Å².